The van der Waals surface area contributed by atoms with E-state index in [1.54, 1.807) is 0 Å². The number of rotatable bonds is 4. The van der Waals surface area contributed by atoms with Crippen LogP contribution < -0.4 is 11.4 Å². The summed E-state index contributed by atoms with van der Waals surface area (Å²) in [7, 11) is 0. The van der Waals surface area contributed by atoms with Crippen LogP contribution in [0.4, 0.5) is 5.82 Å². The van der Waals surface area contributed by atoms with Gasteiger partial charge >= 0.3 is 5.69 Å². The first kappa shape index (κ1) is 12.5. The van der Waals surface area contributed by atoms with Crippen molar-refractivity contribution in [2.24, 2.45) is 5.16 Å². The lowest BCUT2D eigenvalue weighted by atomic mass is 10.2. The zero-order valence-electron chi connectivity index (χ0n) is 9.60. The molecule has 8 nitrogen and oxygen atoms in total. The molecule has 8 heteroatoms. The van der Waals surface area contributed by atoms with Crippen molar-refractivity contribution in [1.82, 2.24) is 9.55 Å². The van der Waals surface area contributed by atoms with Gasteiger partial charge in [-0.1, -0.05) is 0 Å². The van der Waals surface area contributed by atoms with Gasteiger partial charge in [-0.15, -0.1) is 5.16 Å². The summed E-state index contributed by atoms with van der Waals surface area (Å²) in [5.74, 6) is 0.147. The minimum absolute atomic E-state index is 0.147. The SMILES string of the molecule is C=NO[C@H]1C[C@H](n2ccc(N)nc2=O)O[C@@H]1CO. The van der Waals surface area contributed by atoms with Crippen LogP contribution in [-0.4, -0.2) is 40.2 Å². The highest BCUT2D eigenvalue weighted by Crippen LogP contribution is 2.29. The first-order valence-corrected chi connectivity index (χ1v) is 5.38. The summed E-state index contributed by atoms with van der Waals surface area (Å²) >= 11 is 0. The number of aromatic nitrogens is 2. The molecular weight excluding hydrogens is 240 g/mol. The molecule has 3 atom stereocenters. The summed E-state index contributed by atoms with van der Waals surface area (Å²) in [5, 5.41) is 12.5. The highest BCUT2D eigenvalue weighted by molar-refractivity contribution is 5.23. The largest absolute Gasteiger partial charge is 0.394 e. The molecule has 1 aliphatic rings. The zero-order valence-corrected chi connectivity index (χ0v) is 9.60. The van der Waals surface area contributed by atoms with Crippen LogP contribution in [0, 0.1) is 0 Å². The van der Waals surface area contributed by atoms with E-state index in [2.05, 4.69) is 16.9 Å². The normalized spacial score (nSPS) is 27.1. The molecule has 2 heterocycles. The van der Waals surface area contributed by atoms with Crippen molar-refractivity contribution in [3.05, 3.63) is 22.7 Å². The zero-order chi connectivity index (χ0) is 13.1. The van der Waals surface area contributed by atoms with Crippen LogP contribution in [0.5, 0.6) is 0 Å². The summed E-state index contributed by atoms with van der Waals surface area (Å²) in [4.78, 5) is 20.2. The molecule has 3 N–H and O–H groups in total. The molecule has 98 valence electrons. The number of nitrogens with zero attached hydrogens (tertiary/aromatic N) is 3. The summed E-state index contributed by atoms with van der Waals surface area (Å²) < 4.78 is 6.80. The number of ether oxygens (including phenoxy) is 1. The molecule has 1 fully saturated rings. The fourth-order valence-electron chi connectivity index (χ4n) is 1.89. The third-order valence-corrected chi connectivity index (χ3v) is 2.73. The van der Waals surface area contributed by atoms with Crippen LogP contribution in [0.1, 0.15) is 12.6 Å². The van der Waals surface area contributed by atoms with E-state index in [1.807, 2.05) is 0 Å². The van der Waals surface area contributed by atoms with E-state index in [0.29, 0.717) is 6.42 Å². The summed E-state index contributed by atoms with van der Waals surface area (Å²) in [6, 6.07) is 1.50. The predicted octanol–water partition coefficient (Wildman–Crippen LogP) is -0.894. The van der Waals surface area contributed by atoms with E-state index in [9.17, 15) is 4.79 Å². The van der Waals surface area contributed by atoms with Gasteiger partial charge in [0.25, 0.3) is 0 Å². The Balaban J connectivity index is 2.20. The van der Waals surface area contributed by atoms with E-state index in [4.69, 9.17) is 20.4 Å². The van der Waals surface area contributed by atoms with Gasteiger partial charge in [-0.05, 0) is 6.07 Å². The van der Waals surface area contributed by atoms with E-state index in [0.717, 1.165) is 0 Å². The minimum Gasteiger partial charge on any atom is -0.394 e. The van der Waals surface area contributed by atoms with Crippen molar-refractivity contribution in [2.75, 3.05) is 12.3 Å². The molecule has 0 saturated carbocycles. The maximum absolute atomic E-state index is 11.6. The maximum atomic E-state index is 11.6. The maximum Gasteiger partial charge on any atom is 0.351 e. The highest BCUT2D eigenvalue weighted by atomic mass is 16.7. The highest BCUT2D eigenvalue weighted by Gasteiger charge is 2.38. The van der Waals surface area contributed by atoms with Gasteiger partial charge in [0, 0.05) is 19.3 Å². The number of oxime groups is 1. The molecular formula is C10H14N4O4. The van der Waals surface area contributed by atoms with Gasteiger partial charge in [0.1, 0.15) is 18.1 Å². The molecule has 0 unspecified atom stereocenters. The molecule has 18 heavy (non-hydrogen) atoms. The van der Waals surface area contributed by atoms with Crippen molar-refractivity contribution >= 4 is 12.5 Å². The molecule has 1 aromatic heterocycles. The molecule has 0 aromatic carbocycles. The topological polar surface area (TPSA) is 112 Å². The van der Waals surface area contributed by atoms with Gasteiger partial charge in [-0.25, -0.2) is 4.79 Å². The Hall–Kier alpha value is -1.93. The Morgan fingerprint density at radius 3 is 3.17 bits per heavy atom. The summed E-state index contributed by atoms with van der Waals surface area (Å²) in [6.45, 7) is 2.98. The van der Waals surface area contributed by atoms with Crippen molar-refractivity contribution in [1.29, 1.82) is 0 Å². The lowest BCUT2D eigenvalue weighted by Crippen LogP contribution is -2.28. The van der Waals surface area contributed by atoms with Crippen molar-refractivity contribution in [3.63, 3.8) is 0 Å². The van der Waals surface area contributed by atoms with Gasteiger partial charge < -0.3 is 20.4 Å². The minimum atomic E-state index is -0.561. The first-order chi connectivity index (χ1) is 8.65. The second kappa shape index (κ2) is 5.15. The van der Waals surface area contributed by atoms with Crippen LogP contribution in [0.2, 0.25) is 0 Å². The predicted molar refractivity (Wildman–Crippen MR) is 62.9 cm³/mol. The second-order valence-electron chi connectivity index (χ2n) is 3.86. The van der Waals surface area contributed by atoms with Crippen LogP contribution in [0.3, 0.4) is 0 Å². The quantitative estimate of drug-likeness (QED) is 0.532. The Labute approximate surface area is 103 Å². The fourth-order valence-corrected chi connectivity index (χ4v) is 1.89. The Morgan fingerprint density at radius 2 is 2.56 bits per heavy atom. The number of nitrogen functional groups attached to an aromatic ring is 1. The van der Waals surface area contributed by atoms with Gasteiger partial charge in [0.2, 0.25) is 0 Å². The van der Waals surface area contributed by atoms with E-state index < -0.39 is 24.1 Å². The van der Waals surface area contributed by atoms with Gasteiger partial charge in [0.15, 0.2) is 6.10 Å². The van der Waals surface area contributed by atoms with E-state index in [1.165, 1.54) is 16.8 Å². The average Bonchev–Trinajstić information content (AvgIpc) is 2.72. The van der Waals surface area contributed by atoms with Crippen molar-refractivity contribution < 1.29 is 14.7 Å². The Bertz CT molecular complexity index is 489. The van der Waals surface area contributed by atoms with Gasteiger partial charge in [-0.3, -0.25) is 4.57 Å². The Morgan fingerprint density at radius 1 is 1.78 bits per heavy atom. The molecule has 0 spiro atoms. The number of nitrogens with two attached hydrogens (primary N) is 1. The molecule has 1 aliphatic heterocycles. The summed E-state index contributed by atoms with van der Waals surface area (Å²) in [6.07, 6.45) is 0.310. The van der Waals surface area contributed by atoms with Crippen LogP contribution >= 0.6 is 0 Å². The molecule has 0 aliphatic carbocycles. The van der Waals surface area contributed by atoms with Crippen LogP contribution in [-0.2, 0) is 9.57 Å². The number of hydrogen-bond acceptors (Lipinski definition) is 7. The van der Waals surface area contributed by atoms with Gasteiger partial charge in [-0.2, -0.15) is 4.98 Å². The van der Waals surface area contributed by atoms with Crippen LogP contribution in [0.15, 0.2) is 22.2 Å². The van der Waals surface area contributed by atoms with E-state index >= 15 is 0 Å². The third-order valence-electron chi connectivity index (χ3n) is 2.73. The lowest BCUT2D eigenvalue weighted by molar-refractivity contribution is -0.0611. The monoisotopic (exact) mass is 254 g/mol. The smallest absolute Gasteiger partial charge is 0.351 e. The van der Waals surface area contributed by atoms with E-state index in [-0.39, 0.29) is 12.4 Å². The molecule has 0 radical (unpaired) electrons. The van der Waals surface area contributed by atoms with Gasteiger partial charge in [0.05, 0.1) is 6.61 Å². The summed E-state index contributed by atoms with van der Waals surface area (Å²) in [5.41, 5.74) is 4.89. The average molecular weight is 254 g/mol. The fraction of sp³-hybridized carbons (Fsp3) is 0.500. The number of aliphatic hydroxyl groups excluding tert-OH is 1. The lowest BCUT2D eigenvalue weighted by Gasteiger charge is -2.14. The van der Waals surface area contributed by atoms with Crippen LogP contribution in [0.25, 0.3) is 0 Å². The molecule has 1 aromatic rings. The third kappa shape index (κ3) is 2.34. The van der Waals surface area contributed by atoms with Crippen molar-refractivity contribution in [3.8, 4) is 0 Å². The number of anilines is 1. The molecule has 2 rings (SSSR count). The second-order valence-corrected chi connectivity index (χ2v) is 3.86. The first-order valence-electron chi connectivity index (χ1n) is 5.38. The standard InChI is InChI=1S/C10H14N4O4/c1-12-18-6-4-9(17-7(6)5-15)14-3-2-8(11)13-10(14)16/h2-3,6-7,9,15H,1,4-5H2,(H2,11,13,16)/t6-,7+,9+/m0/s1. The molecule has 1 saturated heterocycles. The number of aliphatic hydroxyl groups is 1. The molecule has 0 bridgehead atoms. The van der Waals surface area contributed by atoms with Crippen molar-refractivity contribution in [2.45, 2.75) is 24.9 Å². The Kier molecular flexibility index (Phi) is 3.58. The number of hydrogen-bond donors (Lipinski definition) is 2. The molecule has 0 amide bonds.